The highest BCUT2D eigenvalue weighted by Gasteiger charge is 2.54. The lowest BCUT2D eigenvalue weighted by Crippen LogP contribution is -2.44. The van der Waals surface area contributed by atoms with Crippen LogP contribution in [0.3, 0.4) is 0 Å². The first-order valence-corrected chi connectivity index (χ1v) is 7.26. The topological polar surface area (TPSA) is 24.9 Å². The van der Waals surface area contributed by atoms with Crippen LogP contribution < -0.4 is 5.32 Å². The van der Waals surface area contributed by atoms with E-state index in [0.29, 0.717) is 5.41 Å². The second-order valence-corrected chi connectivity index (χ2v) is 7.58. The van der Waals surface area contributed by atoms with Crippen LogP contribution in [0.1, 0.15) is 58.2 Å². The van der Waals surface area contributed by atoms with Crippen molar-refractivity contribution in [2.75, 3.05) is 7.05 Å². The van der Waals surface area contributed by atoms with E-state index in [1.807, 2.05) is 0 Å². The van der Waals surface area contributed by atoms with Gasteiger partial charge in [-0.1, -0.05) is 27.7 Å². The van der Waals surface area contributed by atoms with Gasteiger partial charge in [-0.15, -0.1) is 11.3 Å². The minimum absolute atomic E-state index is 0.0289. The highest BCUT2D eigenvalue weighted by atomic mass is 32.1. The number of hydrogen-bond acceptors (Lipinski definition) is 3. The quantitative estimate of drug-likeness (QED) is 0.887. The van der Waals surface area contributed by atoms with Crippen molar-refractivity contribution in [1.29, 1.82) is 0 Å². The van der Waals surface area contributed by atoms with Crippen molar-refractivity contribution >= 4 is 11.3 Å². The molecular formula is C14H24N2S. The van der Waals surface area contributed by atoms with E-state index in [1.54, 1.807) is 11.3 Å². The molecule has 1 aliphatic carbocycles. The molecule has 1 unspecified atom stereocenters. The van der Waals surface area contributed by atoms with Gasteiger partial charge in [-0.2, -0.15) is 0 Å². The molecule has 1 aliphatic rings. The summed E-state index contributed by atoms with van der Waals surface area (Å²) in [7, 11) is 2.06. The molecule has 0 radical (unpaired) electrons. The molecule has 0 spiro atoms. The van der Waals surface area contributed by atoms with Gasteiger partial charge >= 0.3 is 0 Å². The summed E-state index contributed by atoms with van der Waals surface area (Å²) in [5.41, 5.74) is 1.77. The van der Waals surface area contributed by atoms with Crippen molar-refractivity contribution < 1.29 is 0 Å². The molecule has 96 valence electrons. The van der Waals surface area contributed by atoms with Crippen molar-refractivity contribution in [2.45, 2.75) is 58.4 Å². The Hall–Kier alpha value is -0.410. The first-order chi connectivity index (χ1) is 7.73. The van der Waals surface area contributed by atoms with Gasteiger partial charge in [0.2, 0.25) is 0 Å². The third-order valence-electron chi connectivity index (χ3n) is 4.41. The molecule has 0 amide bonds. The number of thiazole rings is 1. The molecule has 2 rings (SSSR count). The van der Waals surface area contributed by atoms with Crippen molar-refractivity contribution in [3.05, 3.63) is 16.1 Å². The minimum atomic E-state index is 0.0289. The molecule has 0 aromatic carbocycles. The van der Waals surface area contributed by atoms with Gasteiger partial charge in [0.15, 0.2) is 0 Å². The average Bonchev–Trinajstić information content (AvgIpc) is 2.83. The zero-order chi connectivity index (χ0) is 12.9. The number of nitrogens with zero attached hydrogens (tertiary/aromatic N) is 1. The summed E-state index contributed by atoms with van der Waals surface area (Å²) >= 11 is 1.80. The Morgan fingerprint density at radius 1 is 1.29 bits per heavy atom. The maximum absolute atomic E-state index is 4.89. The molecule has 1 aromatic rings. The predicted molar refractivity (Wildman–Crippen MR) is 74.6 cm³/mol. The van der Waals surface area contributed by atoms with Crippen LogP contribution in [0.2, 0.25) is 0 Å². The van der Waals surface area contributed by atoms with Gasteiger partial charge in [0, 0.05) is 10.8 Å². The smallest absolute Gasteiger partial charge is 0.113 e. The second-order valence-electron chi connectivity index (χ2n) is 6.72. The third-order valence-corrected chi connectivity index (χ3v) is 5.47. The molecule has 17 heavy (non-hydrogen) atoms. The average molecular weight is 252 g/mol. The summed E-state index contributed by atoms with van der Waals surface area (Å²) in [5, 5.41) is 6.97. The normalized spacial score (nSPS) is 22.2. The van der Waals surface area contributed by atoms with Crippen LogP contribution in [0.5, 0.6) is 0 Å². The maximum atomic E-state index is 4.89. The van der Waals surface area contributed by atoms with E-state index in [0.717, 1.165) is 0 Å². The molecule has 3 heteroatoms. The van der Waals surface area contributed by atoms with E-state index in [2.05, 4.69) is 52.4 Å². The second kappa shape index (κ2) is 3.79. The fourth-order valence-corrected chi connectivity index (χ4v) is 3.57. The molecule has 1 saturated carbocycles. The fraction of sp³-hybridized carbons (Fsp3) is 0.786. The highest BCUT2D eigenvalue weighted by molar-refractivity contribution is 7.09. The van der Waals surface area contributed by atoms with Crippen LogP contribution in [-0.2, 0) is 11.0 Å². The predicted octanol–water partition coefficient (Wildman–Crippen LogP) is 3.68. The zero-order valence-electron chi connectivity index (χ0n) is 11.8. The minimum Gasteiger partial charge on any atom is -0.308 e. The first-order valence-electron chi connectivity index (χ1n) is 6.38. The lowest BCUT2D eigenvalue weighted by molar-refractivity contribution is 0.242. The Bertz CT molecular complexity index is 412. The van der Waals surface area contributed by atoms with Gasteiger partial charge in [0.05, 0.1) is 11.2 Å². The summed E-state index contributed by atoms with van der Waals surface area (Å²) in [4.78, 5) is 4.89. The standard InChI is InChI=1S/C14H24N2S/c1-12(2,3)10-9-17-11(16-10)14(5,15-6)13(4)7-8-13/h9,15H,7-8H2,1-6H3. The third kappa shape index (κ3) is 2.04. The zero-order valence-corrected chi connectivity index (χ0v) is 12.7. The Labute approximate surface area is 109 Å². The molecule has 1 atom stereocenters. The molecule has 0 aliphatic heterocycles. The Balaban J connectivity index is 2.36. The van der Waals surface area contributed by atoms with Crippen molar-refractivity contribution in [1.82, 2.24) is 10.3 Å². The summed E-state index contributed by atoms with van der Waals surface area (Å²) in [6, 6.07) is 0. The molecule has 1 fully saturated rings. The molecule has 0 bridgehead atoms. The summed E-state index contributed by atoms with van der Waals surface area (Å²) in [5.74, 6) is 0. The van der Waals surface area contributed by atoms with Crippen LogP contribution in [0.15, 0.2) is 5.38 Å². The lowest BCUT2D eigenvalue weighted by Gasteiger charge is -2.34. The van der Waals surface area contributed by atoms with Gasteiger partial charge in [0.25, 0.3) is 0 Å². The van der Waals surface area contributed by atoms with Gasteiger partial charge in [0.1, 0.15) is 5.01 Å². The van der Waals surface area contributed by atoms with Crippen LogP contribution in [0, 0.1) is 5.41 Å². The van der Waals surface area contributed by atoms with Gasteiger partial charge in [-0.05, 0) is 32.2 Å². The summed E-state index contributed by atoms with van der Waals surface area (Å²) in [6.45, 7) is 11.3. The van der Waals surface area contributed by atoms with E-state index in [-0.39, 0.29) is 11.0 Å². The van der Waals surface area contributed by atoms with Gasteiger partial charge < -0.3 is 5.32 Å². The number of aromatic nitrogens is 1. The summed E-state index contributed by atoms with van der Waals surface area (Å²) < 4.78 is 0. The molecule has 1 heterocycles. The fourth-order valence-electron chi connectivity index (χ4n) is 2.20. The van der Waals surface area contributed by atoms with E-state index >= 15 is 0 Å². The Morgan fingerprint density at radius 3 is 2.24 bits per heavy atom. The van der Waals surface area contributed by atoms with E-state index in [1.165, 1.54) is 23.5 Å². The largest absolute Gasteiger partial charge is 0.308 e. The first kappa shape index (κ1) is 13.0. The van der Waals surface area contributed by atoms with Crippen LogP contribution in [-0.4, -0.2) is 12.0 Å². The monoisotopic (exact) mass is 252 g/mol. The van der Waals surface area contributed by atoms with E-state index < -0.39 is 0 Å². The molecule has 0 saturated heterocycles. The highest BCUT2D eigenvalue weighted by Crippen LogP contribution is 2.58. The summed E-state index contributed by atoms with van der Waals surface area (Å²) in [6.07, 6.45) is 2.60. The molecule has 2 nitrogen and oxygen atoms in total. The van der Waals surface area contributed by atoms with Crippen molar-refractivity contribution in [3.63, 3.8) is 0 Å². The maximum Gasteiger partial charge on any atom is 0.113 e. The SMILES string of the molecule is CNC(C)(c1nc(C(C)(C)C)cs1)C1(C)CC1. The molecule has 1 N–H and O–H groups in total. The van der Waals surface area contributed by atoms with Crippen LogP contribution in [0.25, 0.3) is 0 Å². The number of rotatable bonds is 3. The van der Waals surface area contributed by atoms with Crippen LogP contribution >= 0.6 is 11.3 Å². The van der Waals surface area contributed by atoms with Crippen molar-refractivity contribution in [2.24, 2.45) is 5.41 Å². The Morgan fingerprint density at radius 2 is 1.88 bits per heavy atom. The van der Waals surface area contributed by atoms with Gasteiger partial charge in [-0.25, -0.2) is 4.98 Å². The van der Waals surface area contributed by atoms with Gasteiger partial charge in [-0.3, -0.25) is 0 Å². The van der Waals surface area contributed by atoms with Crippen LogP contribution in [0.4, 0.5) is 0 Å². The number of nitrogens with one attached hydrogen (secondary N) is 1. The molecule has 1 aromatic heterocycles. The number of hydrogen-bond donors (Lipinski definition) is 1. The van der Waals surface area contributed by atoms with Crippen molar-refractivity contribution in [3.8, 4) is 0 Å². The Kier molecular flexibility index (Phi) is 2.91. The van der Waals surface area contributed by atoms with E-state index in [4.69, 9.17) is 4.98 Å². The molecular weight excluding hydrogens is 228 g/mol. The van der Waals surface area contributed by atoms with E-state index in [9.17, 15) is 0 Å². The lowest BCUT2D eigenvalue weighted by atomic mass is 9.84.